The second-order valence-corrected chi connectivity index (χ2v) is 6.46. The molecule has 0 amide bonds. The molecule has 2 fully saturated rings. The average Bonchev–Trinajstić information content (AvgIpc) is 2.73. The Morgan fingerprint density at radius 2 is 1.15 bits per heavy atom. The van der Waals surface area contributed by atoms with Gasteiger partial charge in [-0.15, -0.1) is 0 Å². The Morgan fingerprint density at radius 1 is 0.731 bits per heavy atom. The lowest BCUT2D eigenvalue weighted by Crippen LogP contribution is -2.62. The molecule has 0 radical (unpaired) electrons. The molecule has 2 N–H and O–H groups in total. The van der Waals surface area contributed by atoms with Gasteiger partial charge in [0, 0.05) is 11.1 Å². The molecule has 0 unspecified atom stereocenters. The molecule has 6 nitrogen and oxygen atoms in total. The summed E-state index contributed by atoms with van der Waals surface area (Å²) >= 11 is 0. The van der Waals surface area contributed by atoms with Crippen molar-refractivity contribution in [3.63, 3.8) is 0 Å². The summed E-state index contributed by atoms with van der Waals surface area (Å²) in [6.07, 6.45) is -0.416. The van der Waals surface area contributed by atoms with E-state index < -0.39 is 0 Å². The Morgan fingerprint density at radius 3 is 1.58 bits per heavy atom. The fourth-order valence-corrected chi connectivity index (χ4v) is 3.57. The minimum atomic E-state index is -0.208. The first-order chi connectivity index (χ1) is 12.8. The SMILES string of the molecule is COc1ccccc1[C@@H]1N[C@@H]2CO[C@H](c3ccccc3OC)N[C@@H]2CO1. The predicted molar refractivity (Wildman–Crippen MR) is 97.2 cm³/mol. The summed E-state index contributed by atoms with van der Waals surface area (Å²) in [6, 6.07) is 16.1. The second kappa shape index (κ2) is 7.63. The second-order valence-electron chi connectivity index (χ2n) is 6.46. The summed E-state index contributed by atoms with van der Waals surface area (Å²) < 4.78 is 23.1. The molecule has 2 saturated heterocycles. The van der Waals surface area contributed by atoms with Crippen molar-refractivity contribution >= 4 is 0 Å². The van der Waals surface area contributed by atoms with Gasteiger partial charge in [0.25, 0.3) is 0 Å². The van der Waals surface area contributed by atoms with E-state index in [9.17, 15) is 0 Å². The summed E-state index contributed by atoms with van der Waals surface area (Å²) in [5.74, 6) is 1.64. The average molecular weight is 356 g/mol. The van der Waals surface area contributed by atoms with Crippen LogP contribution in [-0.4, -0.2) is 39.5 Å². The highest BCUT2D eigenvalue weighted by molar-refractivity contribution is 5.36. The molecule has 2 aromatic rings. The Bertz CT molecular complexity index is 691. The van der Waals surface area contributed by atoms with Gasteiger partial charge in [-0.2, -0.15) is 0 Å². The van der Waals surface area contributed by atoms with Crippen molar-refractivity contribution in [1.29, 1.82) is 0 Å². The van der Waals surface area contributed by atoms with Crippen molar-refractivity contribution in [2.45, 2.75) is 24.5 Å². The lowest BCUT2D eigenvalue weighted by Gasteiger charge is -2.44. The van der Waals surface area contributed by atoms with E-state index in [2.05, 4.69) is 10.6 Å². The zero-order valence-electron chi connectivity index (χ0n) is 15.0. The Hall–Kier alpha value is -2.12. The molecule has 0 aliphatic carbocycles. The highest BCUT2D eigenvalue weighted by Gasteiger charge is 2.38. The van der Waals surface area contributed by atoms with Crippen LogP contribution < -0.4 is 20.1 Å². The number of rotatable bonds is 4. The first-order valence-electron chi connectivity index (χ1n) is 8.81. The topological polar surface area (TPSA) is 61.0 Å². The minimum Gasteiger partial charge on any atom is -0.496 e. The molecule has 6 heteroatoms. The van der Waals surface area contributed by atoms with Crippen LogP contribution in [0.4, 0.5) is 0 Å². The van der Waals surface area contributed by atoms with E-state index in [-0.39, 0.29) is 24.5 Å². The number of hydrogen-bond acceptors (Lipinski definition) is 6. The van der Waals surface area contributed by atoms with E-state index in [0.717, 1.165) is 22.6 Å². The van der Waals surface area contributed by atoms with Gasteiger partial charge in [0.15, 0.2) is 0 Å². The van der Waals surface area contributed by atoms with Crippen LogP contribution in [0.25, 0.3) is 0 Å². The monoisotopic (exact) mass is 356 g/mol. The molecule has 0 aromatic heterocycles. The molecule has 2 aromatic carbocycles. The van der Waals surface area contributed by atoms with Gasteiger partial charge in [0.1, 0.15) is 24.0 Å². The lowest BCUT2D eigenvalue weighted by molar-refractivity contribution is -0.116. The number of fused-ring (bicyclic) bond motifs is 1. The van der Waals surface area contributed by atoms with Crippen LogP contribution in [0.3, 0.4) is 0 Å². The maximum atomic E-state index is 6.08. The normalized spacial score (nSPS) is 28.2. The Labute approximate surface area is 153 Å². The first-order valence-corrected chi connectivity index (χ1v) is 8.81. The van der Waals surface area contributed by atoms with Crippen LogP contribution >= 0.6 is 0 Å². The maximum Gasteiger partial charge on any atom is 0.138 e. The van der Waals surface area contributed by atoms with E-state index in [1.165, 1.54) is 0 Å². The third kappa shape index (κ3) is 3.29. The molecule has 2 aliphatic heterocycles. The first kappa shape index (κ1) is 17.3. The number of benzene rings is 2. The van der Waals surface area contributed by atoms with Crippen molar-refractivity contribution in [1.82, 2.24) is 10.6 Å². The number of hydrogen-bond donors (Lipinski definition) is 2. The quantitative estimate of drug-likeness (QED) is 0.877. The van der Waals surface area contributed by atoms with E-state index in [4.69, 9.17) is 18.9 Å². The molecule has 138 valence electrons. The molecule has 0 saturated carbocycles. The highest BCUT2D eigenvalue weighted by atomic mass is 16.5. The highest BCUT2D eigenvalue weighted by Crippen LogP contribution is 2.33. The molecule has 26 heavy (non-hydrogen) atoms. The van der Waals surface area contributed by atoms with Gasteiger partial charge in [-0.1, -0.05) is 36.4 Å². The van der Waals surface area contributed by atoms with Crippen LogP contribution in [0.5, 0.6) is 11.5 Å². The van der Waals surface area contributed by atoms with Crippen LogP contribution in [0.2, 0.25) is 0 Å². The zero-order valence-corrected chi connectivity index (χ0v) is 15.0. The molecular weight excluding hydrogens is 332 g/mol. The van der Waals surface area contributed by atoms with Crippen LogP contribution in [0, 0.1) is 0 Å². The van der Waals surface area contributed by atoms with Gasteiger partial charge in [0.2, 0.25) is 0 Å². The maximum absolute atomic E-state index is 6.08. The molecule has 4 atom stereocenters. The van der Waals surface area contributed by atoms with Crippen molar-refractivity contribution in [3.8, 4) is 11.5 Å². The van der Waals surface area contributed by atoms with E-state index >= 15 is 0 Å². The van der Waals surface area contributed by atoms with Crippen LogP contribution in [0.15, 0.2) is 48.5 Å². The van der Waals surface area contributed by atoms with Crippen molar-refractivity contribution < 1.29 is 18.9 Å². The van der Waals surface area contributed by atoms with Gasteiger partial charge in [-0.25, -0.2) is 0 Å². The van der Waals surface area contributed by atoms with E-state index in [1.807, 2.05) is 48.5 Å². The minimum absolute atomic E-state index is 0.157. The van der Waals surface area contributed by atoms with Crippen molar-refractivity contribution in [2.75, 3.05) is 27.4 Å². The Balaban J connectivity index is 1.46. The standard InChI is InChI=1S/C20H24N2O4/c1-23-17-9-5-3-7-13(17)19-21-15-12-26-20(22-16(15)11-25-19)14-8-4-6-10-18(14)24-2/h3-10,15-16,19-22H,11-12H2,1-2H3/t15-,16-,19-,20-/m1/s1. The molecule has 4 rings (SSSR count). The Kier molecular flexibility index (Phi) is 5.08. The molecule has 0 bridgehead atoms. The summed E-state index contributed by atoms with van der Waals surface area (Å²) in [6.45, 7) is 1.19. The van der Waals surface area contributed by atoms with Crippen LogP contribution in [0.1, 0.15) is 23.6 Å². The number of methoxy groups -OCH3 is 2. The van der Waals surface area contributed by atoms with Gasteiger partial charge in [0.05, 0.1) is 39.5 Å². The summed E-state index contributed by atoms with van der Waals surface area (Å²) in [5.41, 5.74) is 2.00. The summed E-state index contributed by atoms with van der Waals surface area (Å²) in [4.78, 5) is 0. The van der Waals surface area contributed by atoms with Crippen LogP contribution in [-0.2, 0) is 9.47 Å². The molecular formula is C20H24N2O4. The van der Waals surface area contributed by atoms with Crippen molar-refractivity contribution in [3.05, 3.63) is 59.7 Å². The predicted octanol–water partition coefficient (Wildman–Crippen LogP) is 2.38. The fourth-order valence-electron chi connectivity index (χ4n) is 3.57. The smallest absolute Gasteiger partial charge is 0.138 e. The van der Waals surface area contributed by atoms with E-state index in [0.29, 0.717) is 13.2 Å². The van der Waals surface area contributed by atoms with Crippen molar-refractivity contribution in [2.24, 2.45) is 0 Å². The van der Waals surface area contributed by atoms with Gasteiger partial charge < -0.3 is 18.9 Å². The number of nitrogens with one attached hydrogen (secondary N) is 2. The third-order valence-corrected chi connectivity index (χ3v) is 4.94. The molecule has 2 heterocycles. The summed E-state index contributed by atoms with van der Waals surface area (Å²) in [7, 11) is 3.35. The lowest BCUT2D eigenvalue weighted by atomic mass is 10.0. The third-order valence-electron chi connectivity index (χ3n) is 4.94. The van der Waals surface area contributed by atoms with Gasteiger partial charge >= 0.3 is 0 Å². The molecule has 2 aliphatic rings. The molecule has 0 spiro atoms. The van der Waals surface area contributed by atoms with Gasteiger partial charge in [-0.3, -0.25) is 10.6 Å². The largest absolute Gasteiger partial charge is 0.496 e. The van der Waals surface area contributed by atoms with Gasteiger partial charge in [-0.05, 0) is 12.1 Å². The van der Waals surface area contributed by atoms with E-state index in [1.54, 1.807) is 14.2 Å². The fraction of sp³-hybridized carbons (Fsp3) is 0.400. The number of ether oxygens (including phenoxy) is 4. The zero-order chi connectivity index (χ0) is 17.9. The number of para-hydroxylation sites is 2. The summed E-state index contributed by atoms with van der Waals surface area (Å²) in [5, 5.41) is 7.05.